The first-order chi connectivity index (χ1) is 13.2. The first kappa shape index (κ1) is 19.7. The van der Waals surface area contributed by atoms with Gasteiger partial charge in [-0.25, -0.2) is 0 Å². The molecule has 4 rings (SSSR count). The summed E-state index contributed by atoms with van der Waals surface area (Å²) < 4.78 is 18.7. The molecule has 2 nitrogen and oxygen atoms in total. The van der Waals surface area contributed by atoms with Crippen LogP contribution in [-0.4, -0.2) is 0 Å². The van der Waals surface area contributed by atoms with E-state index in [9.17, 15) is 0 Å². The summed E-state index contributed by atoms with van der Waals surface area (Å²) in [5, 5.41) is 0. The van der Waals surface area contributed by atoms with Crippen LogP contribution in [0.4, 0.5) is 0 Å². The van der Waals surface area contributed by atoms with Crippen LogP contribution in [0.5, 0.6) is 11.5 Å². The summed E-state index contributed by atoms with van der Waals surface area (Å²) >= 11 is 0.814. The molecule has 2 aliphatic carbocycles. The fourth-order valence-corrected chi connectivity index (χ4v) is 12.4. The van der Waals surface area contributed by atoms with E-state index in [-0.39, 0.29) is 0 Å². The molecule has 2 aromatic rings. The van der Waals surface area contributed by atoms with E-state index < -0.39 is 21.1 Å². The fourth-order valence-electron chi connectivity index (χ4n) is 3.26. The van der Waals surface area contributed by atoms with Crippen LogP contribution in [0.15, 0.2) is 91.5 Å². The van der Waals surface area contributed by atoms with Crippen molar-refractivity contribution in [3.8, 4) is 11.5 Å². The number of rotatable bonds is 6. The molecule has 0 bridgehead atoms. The molecule has 0 aliphatic heterocycles. The molecule has 136 valence electrons. The summed E-state index contributed by atoms with van der Waals surface area (Å²) in [5.41, 5.74) is 0. The van der Waals surface area contributed by atoms with Crippen molar-refractivity contribution in [2.45, 2.75) is 12.8 Å². The van der Waals surface area contributed by atoms with Crippen LogP contribution >= 0.6 is 45.2 Å². The second kappa shape index (κ2) is 8.79. The second-order valence-electron chi connectivity index (χ2n) is 6.38. The van der Waals surface area contributed by atoms with E-state index in [2.05, 4.69) is 106 Å². The number of allylic oxidation sites excluding steroid dienone is 8. The Bertz CT molecular complexity index is 896. The summed E-state index contributed by atoms with van der Waals surface area (Å²) in [5.74, 6) is 1.79. The zero-order valence-electron chi connectivity index (χ0n) is 14.6. The molecule has 0 fully saturated rings. The number of benzene rings is 2. The topological polar surface area (TPSA) is 18.5 Å². The summed E-state index contributed by atoms with van der Waals surface area (Å²) in [6.45, 7) is 0. The maximum absolute atomic E-state index is 6.86. The zero-order valence-corrected chi connectivity index (χ0v) is 21.3. The molecule has 0 heterocycles. The van der Waals surface area contributed by atoms with E-state index in [1.807, 2.05) is 24.3 Å². The molecule has 0 saturated carbocycles. The average molecular weight is 659 g/mol. The Balaban J connectivity index is 1.80. The molecular weight excluding hydrogens is 641 g/mol. The van der Waals surface area contributed by atoms with Crippen LogP contribution in [-0.2, 0) is 21.1 Å². The van der Waals surface area contributed by atoms with Crippen molar-refractivity contribution in [2.75, 3.05) is 0 Å². The van der Waals surface area contributed by atoms with E-state index in [0.29, 0.717) is 0 Å². The zero-order chi connectivity index (χ0) is 18.7. The van der Waals surface area contributed by atoms with Crippen molar-refractivity contribution < 1.29 is 26.8 Å². The molecule has 0 spiro atoms. The predicted molar refractivity (Wildman–Crippen MR) is 123 cm³/mol. The molecular formula is C22H18I2O2Zr. The van der Waals surface area contributed by atoms with Crippen LogP contribution in [0, 0.1) is 7.14 Å². The molecule has 0 aromatic heterocycles. The van der Waals surface area contributed by atoms with Gasteiger partial charge in [-0.15, -0.1) is 0 Å². The normalized spacial score (nSPS) is 15.6. The SMILES string of the molecule is Ic1cccc([O][Zr]([O]c2cccc(I)c2)([C]2=CC=CC2)[C]2=CC=CC2)c1. The van der Waals surface area contributed by atoms with Crippen LogP contribution in [0.1, 0.15) is 12.8 Å². The average Bonchev–Trinajstić information content (AvgIpc) is 3.36. The van der Waals surface area contributed by atoms with Gasteiger partial charge in [0.2, 0.25) is 0 Å². The number of hydrogen-bond acceptors (Lipinski definition) is 2. The predicted octanol–water partition coefficient (Wildman–Crippen LogP) is 7.03. The summed E-state index contributed by atoms with van der Waals surface area (Å²) in [4.78, 5) is 0. The Morgan fingerprint density at radius 2 is 1.19 bits per heavy atom. The second-order valence-corrected chi connectivity index (χ2v) is 16.1. The molecule has 5 heteroatoms. The third kappa shape index (κ3) is 4.51. The van der Waals surface area contributed by atoms with Gasteiger partial charge in [-0.3, -0.25) is 0 Å². The summed E-state index contributed by atoms with van der Waals surface area (Å²) in [7, 11) is 0. The Kier molecular flexibility index (Phi) is 6.39. The van der Waals surface area contributed by atoms with Crippen molar-refractivity contribution in [3.63, 3.8) is 0 Å². The summed E-state index contributed by atoms with van der Waals surface area (Å²) in [6, 6.07) is 16.5. The number of hydrogen-bond donors (Lipinski definition) is 0. The van der Waals surface area contributed by atoms with Crippen LogP contribution < -0.4 is 5.63 Å². The summed E-state index contributed by atoms with van der Waals surface area (Å²) in [6.07, 6.45) is 14.9. The fraction of sp³-hybridized carbons (Fsp3) is 0.0909. The van der Waals surface area contributed by atoms with E-state index >= 15 is 0 Å². The molecule has 0 saturated heterocycles. The van der Waals surface area contributed by atoms with Crippen molar-refractivity contribution in [3.05, 3.63) is 98.7 Å². The first-order valence-electron chi connectivity index (χ1n) is 8.77. The third-order valence-electron chi connectivity index (χ3n) is 4.50. The number of halogens is 2. The Morgan fingerprint density at radius 1 is 0.704 bits per heavy atom. The monoisotopic (exact) mass is 658 g/mol. The van der Waals surface area contributed by atoms with Crippen LogP contribution in [0.25, 0.3) is 0 Å². The van der Waals surface area contributed by atoms with Gasteiger partial charge in [0.05, 0.1) is 0 Å². The van der Waals surface area contributed by atoms with E-state index in [4.69, 9.17) is 5.63 Å². The Hall–Kier alpha value is -0.657. The van der Waals surface area contributed by atoms with Crippen LogP contribution in [0.3, 0.4) is 0 Å². The molecule has 0 N–H and O–H groups in total. The Morgan fingerprint density at radius 3 is 1.56 bits per heavy atom. The van der Waals surface area contributed by atoms with Crippen molar-refractivity contribution in [2.24, 2.45) is 0 Å². The third-order valence-corrected chi connectivity index (χ3v) is 14.4. The minimum atomic E-state index is -3.84. The Labute approximate surface area is 193 Å². The van der Waals surface area contributed by atoms with Gasteiger partial charge in [-0.05, 0) is 0 Å². The van der Waals surface area contributed by atoms with E-state index in [1.54, 1.807) is 0 Å². The van der Waals surface area contributed by atoms with Crippen molar-refractivity contribution in [1.29, 1.82) is 0 Å². The van der Waals surface area contributed by atoms with Crippen molar-refractivity contribution >= 4 is 45.2 Å². The van der Waals surface area contributed by atoms with Gasteiger partial charge in [0.25, 0.3) is 0 Å². The quantitative estimate of drug-likeness (QED) is 0.311. The first-order valence-corrected chi connectivity index (χ1v) is 15.4. The molecule has 0 radical (unpaired) electrons. The van der Waals surface area contributed by atoms with Gasteiger partial charge in [0, 0.05) is 0 Å². The standard InChI is InChI=1S/2C6H5IO.2C5H5.Zr/c2*7-5-2-1-3-6(8)4-5;2*1-2-4-5-3-1;/h2*1-4,8H;2*1-3H,4H2;/q;;;;+2/p-2. The van der Waals surface area contributed by atoms with Gasteiger partial charge in [0.15, 0.2) is 0 Å². The van der Waals surface area contributed by atoms with Gasteiger partial charge >= 0.3 is 195 Å². The molecule has 2 aliphatic rings. The molecule has 2 aromatic carbocycles. The minimum absolute atomic E-state index is 0.893. The molecule has 0 atom stereocenters. The molecule has 27 heavy (non-hydrogen) atoms. The van der Waals surface area contributed by atoms with E-state index in [0.717, 1.165) is 31.5 Å². The van der Waals surface area contributed by atoms with Gasteiger partial charge in [-0.2, -0.15) is 0 Å². The van der Waals surface area contributed by atoms with Gasteiger partial charge in [-0.1, -0.05) is 0 Å². The van der Waals surface area contributed by atoms with Gasteiger partial charge in [0.1, 0.15) is 0 Å². The molecule has 0 unspecified atom stereocenters. The van der Waals surface area contributed by atoms with E-state index in [1.165, 1.54) is 6.56 Å². The molecule has 0 amide bonds. The maximum atomic E-state index is 6.86. The van der Waals surface area contributed by atoms with Crippen LogP contribution in [0.2, 0.25) is 0 Å². The van der Waals surface area contributed by atoms with Crippen molar-refractivity contribution in [1.82, 2.24) is 0 Å². The van der Waals surface area contributed by atoms with Gasteiger partial charge < -0.3 is 0 Å².